The highest BCUT2D eigenvalue weighted by Crippen LogP contribution is 2.27. The van der Waals surface area contributed by atoms with Crippen LogP contribution < -0.4 is 5.73 Å². The second-order valence-corrected chi connectivity index (χ2v) is 6.00. The fourth-order valence-corrected chi connectivity index (χ4v) is 3.27. The molecule has 2 aromatic carbocycles. The number of halogens is 1. The van der Waals surface area contributed by atoms with Crippen molar-refractivity contribution in [3.05, 3.63) is 59.9 Å². The van der Waals surface area contributed by atoms with Gasteiger partial charge in [-0.1, -0.05) is 30.0 Å². The molecule has 3 rings (SSSR count). The van der Waals surface area contributed by atoms with Gasteiger partial charge in [0.05, 0.1) is 0 Å². The van der Waals surface area contributed by atoms with Crippen molar-refractivity contribution in [1.29, 1.82) is 0 Å². The first-order valence-corrected chi connectivity index (χ1v) is 8.33. The molecule has 1 aromatic heterocycles. The van der Waals surface area contributed by atoms with E-state index in [4.69, 9.17) is 5.73 Å². The Kier molecular flexibility index (Phi) is 4.62. The molecule has 3 aromatic rings. The maximum atomic E-state index is 13.7. The van der Waals surface area contributed by atoms with Gasteiger partial charge in [-0.05, 0) is 42.8 Å². The third kappa shape index (κ3) is 3.37. The Morgan fingerprint density at radius 1 is 1.09 bits per heavy atom. The van der Waals surface area contributed by atoms with Gasteiger partial charge in [0.25, 0.3) is 0 Å². The molecule has 4 nitrogen and oxygen atoms in total. The highest BCUT2D eigenvalue weighted by molar-refractivity contribution is 7.98. The Bertz CT molecular complexity index is 799. The van der Waals surface area contributed by atoms with Crippen molar-refractivity contribution in [3.63, 3.8) is 0 Å². The summed E-state index contributed by atoms with van der Waals surface area (Å²) in [6.45, 7) is 2.78. The van der Waals surface area contributed by atoms with Gasteiger partial charge in [0.2, 0.25) is 0 Å². The van der Waals surface area contributed by atoms with Crippen molar-refractivity contribution in [2.75, 3.05) is 5.73 Å². The summed E-state index contributed by atoms with van der Waals surface area (Å²) in [5.41, 5.74) is 8.07. The van der Waals surface area contributed by atoms with Gasteiger partial charge in [-0.25, -0.2) is 4.39 Å². The molecule has 0 saturated heterocycles. The number of nitrogen functional groups attached to an aromatic ring is 1. The van der Waals surface area contributed by atoms with Crippen molar-refractivity contribution in [1.82, 2.24) is 14.8 Å². The fourth-order valence-electron chi connectivity index (χ4n) is 2.28. The average Bonchev–Trinajstić information content (AvgIpc) is 2.97. The largest absolute Gasteiger partial charge is 0.399 e. The van der Waals surface area contributed by atoms with Gasteiger partial charge in [0.1, 0.15) is 5.82 Å². The molecule has 0 atom stereocenters. The minimum Gasteiger partial charge on any atom is -0.399 e. The van der Waals surface area contributed by atoms with Gasteiger partial charge < -0.3 is 10.3 Å². The second kappa shape index (κ2) is 6.83. The maximum Gasteiger partial charge on any atom is 0.191 e. The van der Waals surface area contributed by atoms with E-state index in [0.717, 1.165) is 23.1 Å². The van der Waals surface area contributed by atoms with Crippen molar-refractivity contribution in [2.24, 2.45) is 0 Å². The zero-order valence-corrected chi connectivity index (χ0v) is 13.6. The van der Waals surface area contributed by atoms with Crippen LogP contribution in [0.1, 0.15) is 12.5 Å². The quantitative estimate of drug-likeness (QED) is 0.568. The lowest BCUT2D eigenvalue weighted by molar-refractivity contribution is 0.617. The van der Waals surface area contributed by atoms with Gasteiger partial charge in [0, 0.05) is 23.5 Å². The number of aromatic nitrogens is 3. The Morgan fingerprint density at radius 2 is 1.83 bits per heavy atom. The number of hydrogen-bond donors (Lipinski definition) is 1. The van der Waals surface area contributed by atoms with Crippen LogP contribution in [0.2, 0.25) is 0 Å². The molecule has 118 valence electrons. The molecule has 6 heteroatoms. The van der Waals surface area contributed by atoms with E-state index >= 15 is 0 Å². The van der Waals surface area contributed by atoms with Crippen LogP contribution in [-0.2, 0) is 12.3 Å². The van der Waals surface area contributed by atoms with Crippen molar-refractivity contribution >= 4 is 17.4 Å². The number of anilines is 1. The lowest BCUT2D eigenvalue weighted by atomic mass is 10.2. The first-order chi connectivity index (χ1) is 11.2. The van der Waals surface area contributed by atoms with Gasteiger partial charge in [-0.2, -0.15) is 0 Å². The lowest BCUT2D eigenvalue weighted by Crippen LogP contribution is -2.00. The predicted octanol–water partition coefficient (Wildman–Crippen LogP) is 3.98. The van der Waals surface area contributed by atoms with Gasteiger partial charge in [-0.15, -0.1) is 10.2 Å². The van der Waals surface area contributed by atoms with Crippen LogP contribution in [0.4, 0.5) is 10.1 Å². The van der Waals surface area contributed by atoms with E-state index in [-0.39, 0.29) is 5.82 Å². The maximum absolute atomic E-state index is 13.7. The zero-order chi connectivity index (χ0) is 16.2. The summed E-state index contributed by atoms with van der Waals surface area (Å²) in [7, 11) is 0. The molecule has 0 radical (unpaired) electrons. The Hall–Kier alpha value is -2.34. The average molecular weight is 328 g/mol. The Balaban J connectivity index is 1.84. The molecular weight excluding hydrogens is 311 g/mol. The van der Waals surface area contributed by atoms with Crippen LogP contribution in [-0.4, -0.2) is 14.8 Å². The molecule has 2 N–H and O–H groups in total. The molecule has 0 fully saturated rings. The van der Waals surface area contributed by atoms with E-state index in [9.17, 15) is 4.39 Å². The zero-order valence-electron chi connectivity index (χ0n) is 12.7. The second-order valence-electron chi connectivity index (χ2n) is 5.05. The number of nitrogens with two attached hydrogens (primary N) is 1. The van der Waals surface area contributed by atoms with Crippen LogP contribution in [0.25, 0.3) is 11.4 Å². The lowest BCUT2D eigenvalue weighted by Gasteiger charge is -2.08. The first kappa shape index (κ1) is 15.6. The molecule has 0 bridgehead atoms. The molecule has 0 aliphatic carbocycles. The summed E-state index contributed by atoms with van der Waals surface area (Å²) < 4.78 is 15.7. The van der Waals surface area contributed by atoms with E-state index in [0.29, 0.717) is 17.0 Å². The summed E-state index contributed by atoms with van der Waals surface area (Å²) in [6.07, 6.45) is 0. The van der Waals surface area contributed by atoms with Crippen molar-refractivity contribution in [3.8, 4) is 11.4 Å². The molecule has 0 aliphatic heterocycles. The molecule has 0 spiro atoms. The summed E-state index contributed by atoms with van der Waals surface area (Å²) >= 11 is 1.48. The van der Waals surface area contributed by atoms with E-state index < -0.39 is 0 Å². The molecule has 0 amide bonds. The van der Waals surface area contributed by atoms with Crippen LogP contribution >= 0.6 is 11.8 Å². The number of hydrogen-bond acceptors (Lipinski definition) is 4. The third-order valence-corrected chi connectivity index (χ3v) is 4.53. The Morgan fingerprint density at radius 3 is 2.52 bits per heavy atom. The van der Waals surface area contributed by atoms with Crippen LogP contribution in [0.15, 0.2) is 53.7 Å². The topological polar surface area (TPSA) is 56.7 Å². The molecule has 0 saturated carbocycles. The van der Waals surface area contributed by atoms with E-state index in [1.165, 1.54) is 17.8 Å². The smallest absolute Gasteiger partial charge is 0.191 e. The highest BCUT2D eigenvalue weighted by Gasteiger charge is 2.13. The molecule has 0 unspecified atom stereocenters. The van der Waals surface area contributed by atoms with E-state index in [1.54, 1.807) is 12.1 Å². The normalized spacial score (nSPS) is 10.9. The van der Waals surface area contributed by atoms with Crippen LogP contribution in [0.3, 0.4) is 0 Å². The highest BCUT2D eigenvalue weighted by atomic mass is 32.2. The van der Waals surface area contributed by atoms with Gasteiger partial charge in [-0.3, -0.25) is 0 Å². The Labute approximate surface area is 138 Å². The summed E-state index contributed by atoms with van der Waals surface area (Å²) in [5.74, 6) is 1.12. The minimum atomic E-state index is -0.193. The third-order valence-electron chi connectivity index (χ3n) is 3.52. The summed E-state index contributed by atoms with van der Waals surface area (Å²) in [5, 5.41) is 9.31. The van der Waals surface area contributed by atoms with Crippen molar-refractivity contribution in [2.45, 2.75) is 24.4 Å². The molecule has 0 aliphatic rings. The first-order valence-electron chi connectivity index (χ1n) is 7.34. The standard InChI is InChI=1S/C17H17FN4S/c1-2-22-16(12-7-9-14(19)10-8-12)20-21-17(22)23-11-13-5-3-4-6-15(13)18/h3-10H,2,11,19H2,1H3. The number of thioether (sulfide) groups is 1. The summed E-state index contributed by atoms with van der Waals surface area (Å²) in [6, 6.07) is 14.3. The monoisotopic (exact) mass is 328 g/mol. The predicted molar refractivity (Wildman–Crippen MR) is 91.5 cm³/mol. The van der Waals surface area contributed by atoms with Crippen LogP contribution in [0, 0.1) is 5.82 Å². The van der Waals surface area contributed by atoms with E-state index in [1.807, 2.05) is 41.8 Å². The SMILES string of the molecule is CCn1c(SCc2ccccc2F)nnc1-c1ccc(N)cc1. The molecule has 1 heterocycles. The van der Waals surface area contributed by atoms with Gasteiger partial charge in [0.15, 0.2) is 11.0 Å². The van der Waals surface area contributed by atoms with E-state index in [2.05, 4.69) is 10.2 Å². The fraction of sp³-hybridized carbons (Fsp3) is 0.176. The van der Waals surface area contributed by atoms with Crippen molar-refractivity contribution < 1.29 is 4.39 Å². The minimum absolute atomic E-state index is 0.193. The van der Waals surface area contributed by atoms with Gasteiger partial charge >= 0.3 is 0 Å². The summed E-state index contributed by atoms with van der Waals surface area (Å²) in [4.78, 5) is 0. The molecule has 23 heavy (non-hydrogen) atoms. The number of rotatable bonds is 5. The molecular formula is C17H17FN4S. The number of benzene rings is 2. The number of nitrogens with zero attached hydrogens (tertiary/aromatic N) is 3. The van der Waals surface area contributed by atoms with Crippen LogP contribution in [0.5, 0.6) is 0 Å².